The molecule has 0 radical (unpaired) electrons. The highest BCUT2D eigenvalue weighted by Gasteiger charge is 2.24. The molecule has 1 rings (SSSR count). The molecule has 0 saturated carbocycles. The molecule has 66 valence electrons. The first-order valence-electron chi connectivity index (χ1n) is 3.85. The Kier molecular flexibility index (Phi) is 2.78. The van der Waals surface area contributed by atoms with Gasteiger partial charge in [0.25, 0.3) is 0 Å². The van der Waals surface area contributed by atoms with Gasteiger partial charge in [0, 0.05) is 17.8 Å². The van der Waals surface area contributed by atoms with Crippen LogP contribution in [0.5, 0.6) is 0 Å². The fourth-order valence-electron chi connectivity index (χ4n) is 0.952. The summed E-state index contributed by atoms with van der Waals surface area (Å²) in [6.45, 7) is 1.65. The van der Waals surface area contributed by atoms with Crippen LogP contribution in [0.15, 0.2) is 24.5 Å². The molecular weight excluding hydrogens is 154 g/mol. The Bertz CT molecular complexity index is 232. The lowest BCUT2D eigenvalue weighted by Gasteiger charge is -2.24. The van der Waals surface area contributed by atoms with Crippen LogP contribution in [0.2, 0.25) is 0 Å². The van der Waals surface area contributed by atoms with Crippen LogP contribution in [0.3, 0.4) is 0 Å². The van der Waals surface area contributed by atoms with Crippen LogP contribution in [0, 0.1) is 0 Å². The van der Waals surface area contributed by atoms with Crippen molar-refractivity contribution in [3.8, 4) is 0 Å². The van der Waals surface area contributed by atoms with E-state index in [0.717, 1.165) is 5.56 Å². The predicted octanol–water partition coefficient (Wildman–Crippen LogP) is 0.324. The van der Waals surface area contributed by atoms with E-state index in [9.17, 15) is 0 Å². The highest BCUT2D eigenvalue weighted by atomic mass is 16.3. The molecule has 0 aromatic carbocycles. The second-order valence-electron chi connectivity index (χ2n) is 3.12. The van der Waals surface area contributed by atoms with Gasteiger partial charge in [-0.1, -0.05) is 13.0 Å². The fraction of sp³-hybridized carbons (Fsp3) is 0.444. The first kappa shape index (κ1) is 9.16. The van der Waals surface area contributed by atoms with E-state index in [-0.39, 0.29) is 13.2 Å². The molecule has 0 aliphatic carbocycles. The molecule has 0 bridgehead atoms. The summed E-state index contributed by atoms with van der Waals surface area (Å²) in [6, 6.07) is 3.64. The molecule has 0 spiro atoms. The van der Waals surface area contributed by atoms with E-state index in [4.69, 9.17) is 10.2 Å². The zero-order valence-corrected chi connectivity index (χ0v) is 7.07. The average molecular weight is 167 g/mol. The maximum Gasteiger partial charge on any atom is 0.0547 e. The third-order valence-electron chi connectivity index (χ3n) is 2.06. The summed E-state index contributed by atoms with van der Waals surface area (Å²) in [6.07, 6.45) is 3.32. The molecule has 1 aromatic rings. The third kappa shape index (κ3) is 1.62. The number of nitrogens with zero attached hydrogens (tertiary/aromatic N) is 1. The molecule has 1 aromatic heterocycles. The number of aliphatic hydroxyl groups excluding tert-OH is 2. The van der Waals surface area contributed by atoms with Gasteiger partial charge < -0.3 is 10.2 Å². The van der Waals surface area contributed by atoms with E-state index in [1.165, 1.54) is 0 Å². The lowest BCUT2D eigenvalue weighted by atomic mass is 9.85. The second kappa shape index (κ2) is 3.65. The number of rotatable bonds is 3. The largest absolute Gasteiger partial charge is 0.395 e. The van der Waals surface area contributed by atoms with Gasteiger partial charge in [-0.3, -0.25) is 4.98 Å². The van der Waals surface area contributed by atoms with Crippen molar-refractivity contribution in [2.75, 3.05) is 13.2 Å². The molecule has 1 heterocycles. The highest BCUT2D eigenvalue weighted by Crippen LogP contribution is 2.20. The van der Waals surface area contributed by atoms with Gasteiger partial charge in [0.1, 0.15) is 0 Å². The molecule has 0 saturated heterocycles. The van der Waals surface area contributed by atoms with Gasteiger partial charge in [-0.15, -0.1) is 0 Å². The summed E-state index contributed by atoms with van der Waals surface area (Å²) in [5.41, 5.74) is 0.281. The number of pyridine rings is 1. The standard InChI is InChI=1S/C9H13NO2/c1-9(6-11,7-12)8-3-2-4-10-5-8/h2-5,11-12H,6-7H2,1H3. The van der Waals surface area contributed by atoms with E-state index < -0.39 is 5.41 Å². The van der Waals surface area contributed by atoms with E-state index >= 15 is 0 Å². The van der Waals surface area contributed by atoms with Crippen molar-refractivity contribution in [3.05, 3.63) is 30.1 Å². The normalized spacial score (nSPS) is 11.6. The van der Waals surface area contributed by atoms with Gasteiger partial charge >= 0.3 is 0 Å². The van der Waals surface area contributed by atoms with Crippen LogP contribution in [-0.2, 0) is 5.41 Å². The second-order valence-corrected chi connectivity index (χ2v) is 3.12. The fourth-order valence-corrected chi connectivity index (χ4v) is 0.952. The van der Waals surface area contributed by atoms with Crippen LogP contribution in [-0.4, -0.2) is 28.4 Å². The molecule has 0 aliphatic heterocycles. The molecule has 3 heteroatoms. The minimum atomic E-state index is -0.575. The topological polar surface area (TPSA) is 53.4 Å². The maximum atomic E-state index is 9.05. The van der Waals surface area contributed by atoms with E-state index in [1.54, 1.807) is 25.4 Å². The summed E-state index contributed by atoms with van der Waals surface area (Å²) in [5.74, 6) is 0. The van der Waals surface area contributed by atoms with Gasteiger partial charge in [-0.05, 0) is 11.6 Å². The van der Waals surface area contributed by atoms with Gasteiger partial charge in [0.05, 0.1) is 13.2 Å². The van der Waals surface area contributed by atoms with Gasteiger partial charge in [-0.2, -0.15) is 0 Å². The molecular formula is C9H13NO2. The predicted molar refractivity (Wildman–Crippen MR) is 45.8 cm³/mol. The molecule has 3 nitrogen and oxygen atoms in total. The molecule has 12 heavy (non-hydrogen) atoms. The van der Waals surface area contributed by atoms with Crippen molar-refractivity contribution >= 4 is 0 Å². The molecule has 0 unspecified atom stereocenters. The number of hydrogen-bond acceptors (Lipinski definition) is 3. The minimum absolute atomic E-state index is 0.0742. The van der Waals surface area contributed by atoms with Crippen molar-refractivity contribution < 1.29 is 10.2 Å². The Morgan fingerprint density at radius 3 is 2.50 bits per heavy atom. The van der Waals surface area contributed by atoms with E-state index in [1.807, 2.05) is 6.07 Å². The van der Waals surface area contributed by atoms with E-state index in [2.05, 4.69) is 4.98 Å². The van der Waals surface area contributed by atoms with Crippen molar-refractivity contribution in [2.24, 2.45) is 0 Å². The number of aliphatic hydroxyl groups is 2. The Hall–Kier alpha value is -0.930. The smallest absolute Gasteiger partial charge is 0.0547 e. The number of hydrogen-bond donors (Lipinski definition) is 2. The monoisotopic (exact) mass is 167 g/mol. The van der Waals surface area contributed by atoms with Crippen molar-refractivity contribution in [1.82, 2.24) is 4.98 Å². The van der Waals surface area contributed by atoms with Gasteiger partial charge in [0.2, 0.25) is 0 Å². The number of aromatic nitrogens is 1. The molecule has 0 fully saturated rings. The summed E-state index contributed by atoms with van der Waals surface area (Å²) in [4.78, 5) is 3.92. The van der Waals surface area contributed by atoms with Gasteiger partial charge in [0.15, 0.2) is 0 Å². The molecule has 2 N–H and O–H groups in total. The SMILES string of the molecule is CC(CO)(CO)c1cccnc1. The molecule has 0 aliphatic rings. The summed E-state index contributed by atoms with van der Waals surface area (Å²) in [7, 11) is 0. The summed E-state index contributed by atoms with van der Waals surface area (Å²) in [5, 5.41) is 18.1. The molecule has 0 atom stereocenters. The quantitative estimate of drug-likeness (QED) is 0.681. The van der Waals surface area contributed by atoms with Crippen molar-refractivity contribution in [3.63, 3.8) is 0 Å². The zero-order chi connectivity index (χ0) is 9.03. The first-order valence-corrected chi connectivity index (χ1v) is 3.85. The Morgan fingerprint density at radius 2 is 2.08 bits per heavy atom. The van der Waals surface area contributed by atoms with Crippen LogP contribution >= 0.6 is 0 Å². The Morgan fingerprint density at radius 1 is 1.42 bits per heavy atom. The third-order valence-corrected chi connectivity index (χ3v) is 2.06. The highest BCUT2D eigenvalue weighted by molar-refractivity contribution is 5.20. The van der Waals surface area contributed by atoms with Crippen LogP contribution in [0.4, 0.5) is 0 Å². The van der Waals surface area contributed by atoms with Crippen molar-refractivity contribution in [2.45, 2.75) is 12.3 Å². The Labute approximate surface area is 71.7 Å². The maximum absolute atomic E-state index is 9.05. The molecule has 0 amide bonds. The lowest BCUT2D eigenvalue weighted by Crippen LogP contribution is -2.31. The van der Waals surface area contributed by atoms with Crippen LogP contribution in [0.25, 0.3) is 0 Å². The van der Waals surface area contributed by atoms with Crippen LogP contribution in [0.1, 0.15) is 12.5 Å². The minimum Gasteiger partial charge on any atom is -0.395 e. The summed E-state index contributed by atoms with van der Waals surface area (Å²) >= 11 is 0. The van der Waals surface area contributed by atoms with Crippen molar-refractivity contribution in [1.29, 1.82) is 0 Å². The van der Waals surface area contributed by atoms with E-state index in [0.29, 0.717) is 0 Å². The Balaban J connectivity index is 2.95. The lowest BCUT2D eigenvalue weighted by molar-refractivity contribution is 0.129. The van der Waals surface area contributed by atoms with Crippen LogP contribution < -0.4 is 0 Å². The summed E-state index contributed by atoms with van der Waals surface area (Å²) < 4.78 is 0. The average Bonchev–Trinajstić information content (AvgIpc) is 2.18. The van der Waals surface area contributed by atoms with Gasteiger partial charge in [-0.25, -0.2) is 0 Å². The zero-order valence-electron chi connectivity index (χ0n) is 7.07. The first-order chi connectivity index (χ1) is 5.73.